The highest BCUT2D eigenvalue weighted by Crippen LogP contribution is 2.27. The molecule has 0 aliphatic carbocycles. The maximum Gasteiger partial charge on any atom is 0.225 e. The van der Waals surface area contributed by atoms with Crippen molar-refractivity contribution < 1.29 is 0 Å². The van der Waals surface area contributed by atoms with Crippen LogP contribution < -0.4 is 9.80 Å². The third-order valence-electron chi connectivity index (χ3n) is 3.65. The third-order valence-corrected chi connectivity index (χ3v) is 4.48. The van der Waals surface area contributed by atoms with Gasteiger partial charge in [-0.25, -0.2) is 19.9 Å². The fourth-order valence-corrected chi connectivity index (χ4v) is 3.33. The van der Waals surface area contributed by atoms with Gasteiger partial charge in [-0.3, -0.25) is 0 Å². The van der Waals surface area contributed by atoms with E-state index >= 15 is 0 Å². The molecule has 7 heteroatoms. The number of rotatable bonds is 2. The molecule has 0 aromatic carbocycles. The minimum atomic E-state index is 0.806. The highest BCUT2D eigenvalue weighted by atomic mass is 32.1. The fraction of sp³-hybridized carbons (Fsp3) is 0.286. The van der Waals surface area contributed by atoms with E-state index in [4.69, 9.17) is 0 Å². The Morgan fingerprint density at radius 3 is 2.48 bits per heavy atom. The maximum absolute atomic E-state index is 4.47. The Morgan fingerprint density at radius 2 is 1.67 bits per heavy atom. The number of nitrogens with zero attached hydrogens (tertiary/aromatic N) is 6. The van der Waals surface area contributed by atoms with Gasteiger partial charge in [-0.2, -0.15) is 0 Å². The number of thiophene rings is 1. The lowest BCUT2D eigenvalue weighted by Crippen LogP contribution is -2.47. The first kappa shape index (κ1) is 12.5. The third kappa shape index (κ3) is 2.29. The Hall–Kier alpha value is -2.28. The van der Waals surface area contributed by atoms with Crippen LogP contribution in [0.2, 0.25) is 0 Å². The van der Waals surface area contributed by atoms with Crippen LogP contribution in [0, 0.1) is 0 Å². The van der Waals surface area contributed by atoms with Gasteiger partial charge in [0.2, 0.25) is 5.95 Å². The molecular formula is C14H14N6S. The van der Waals surface area contributed by atoms with Crippen LogP contribution >= 0.6 is 11.3 Å². The van der Waals surface area contributed by atoms with Gasteiger partial charge >= 0.3 is 0 Å². The highest BCUT2D eigenvalue weighted by Gasteiger charge is 2.21. The minimum Gasteiger partial charge on any atom is -0.352 e. The Balaban J connectivity index is 1.54. The van der Waals surface area contributed by atoms with Crippen LogP contribution in [-0.2, 0) is 0 Å². The van der Waals surface area contributed by atoms with E-state index in [-0.39, 0.29) is 0 Å². The summed E-state index contributed by atoms with van der Waals surface area (Å²) in [6, 6.07) is 3.94. The van der Waals surface area contributed by atoms with Gasteiger partial charge in [-0.1, -0.05) is 0 Å². The standard InChI is InChI=1S/C14H14N6S/c1-3-15-14(16-4-1)20-7-5-19(6-8-20)12-11-2-9-21-13(11)18-10-17-12/h1-4,9-10H,5-8H2. The van der Waals surface area contributed by atoms with Crippen LogP contribution in [0.1, 0.15) is 0 Å². The molecule has 3 aromatic heterocycles. The lowest BCUT2D eigenvalue weighted by Gasteiger charge is -2.35. The largest absolute Gasteiger partial charge is 0.352 e. The zero-order valence-electron chi connectivity index (χ0n) is 11.4. The first-order valence-corrected chi connectivity index (χ1v) is 7.75. The molecule has 6 nitrogen and oxygen atoms in total. The molecule has 3 aromatic rings. The topological polar surface area (TPSA) is 58.0 Å². The van der Waals surface area contributed by atoms with E-state index in [9.17, 15) is 0 Å². The van der Waals surface area contributed by atoms with Gasteiger partial charge in [0.25, 0.3) is 0 Å². The molecule has 1 aliphatic rings. The molecule has 1 saturated heterocycles. The number of hydrogen-bond donors (Lipinski definition) is 0. The normalized spacial score (nSPS) is 15.6. The number of aromatic nitrogens is 4. The van der Waals surface area contributed by atoms with Crippen molar-refractivity contribution >= 4 is 33.3 Å². The van der Waals surface area contributed by atoms with Gasteiger partial charge in [-0.05, 0) is 17.5 Å². The molecule has 0 amide bonds. The Bertz CT molecular complexity index is 735. The zero-order valence-corrected chi connectivity index (χ0v) is 12.2. The van der Waals surface area contributed by atoms with Crippen molar-refractivity contribution in [1.29, 1.82) is 0 Å². The molecule has 0 N–H and O–H groups in total. The molecule has 1 fully saturated rings. The predicted molar refractivity (Wildman–Crippen MR) is 83.9 cm³/mol. The average Bonchev–Trinajstić information content (AvgIpc) is 3.04. The Kier molecular flexibility index (Phi) is 3.11. The minimum absolute atomic E-state index is 0.806. The molecular weight excluding hydrogens is 284 g/mol. The van der Waals surface area contributed by atoms with Crippen molar-refractivity contribution in [3.8, 4) is 0 Å². The summed E-state index contributed by atoms with van der Waals surface area (Å²) in [4.78, 5) is 23.0. The van der Waals surface area contributed by atoms with E-state index in [1.807, 2.05) is 6.07 Å². The second-order valence-electron chi connectivity index (χ2n) is 4.86. The predicted octanol–water partition coefficient (Wildman–Crippen LogP) is 1.81. The van der Waals surface area contributed by atoms with E-state index in [0.29, 0.717) is 0 Å². The van der Waals surface area contributed by atoms with Gasteiger partial charge in [-0.15, -0.1) is 11.3 Å². The Labute approximate surface area is 126 Å². The van der Waals surface area contributed by atoms with Crippen LogP contribution in [-0.4, -0.2) is 46.1 Å². The van der Waals surface area contributed by atoms with Crippen molar-refractivity contribution in [2.75, 3.05) is 36.0 Å². The van der Waals surface area contributed by atoms with E-state index in [0.717, 1.165) is 48.2 Å². The molecule has 0 radical (unpaired) electrons. The first-order valence-electron chi connectivity index (χ1n) is 6.87. The smallest absolute Gasteiger partial charge is 0.225 e. The van der Waals surface area contributed by atoms with Gasteiger partial charge < -0.3 is 9.80 Å². The van der Waals surface area contributed by atoms with E-state index in [2.05, 4.69) is 41.2 Å². The molecule has 0 spiro atoms. The van der Waals surface area contributed by atoms with E-state index < -0.39 is 0 Å². The summed E-state index contributed by atoms with van der Waals surface area (Å²) >= 11 is 1.65. The van der Waals surface area contributed by atoms with Gasteiger partial charge in [0.05, 0.1) is 5.39 Å². The van der Waals surface area contributed by atoms with Crippen molar-refractivity contribution in [2.24, 2.45) is 0 Å². The number of piperazine rings is 1. The summed E-state index contributed by atoms with van der Waals surface area (Å²) in [5, 5.41) is 3.21. The lowest BCUT2D eigenvalue weighted by molar-refractivity contribution is 0.636. The SMILES string of the molecule is c1cnc(N2CCN(c3ncnc4sccc34)CC2)nc1. The zero-order chi connectivity index (χ0) is 14.1. The van der Waals surface area contributed by atoms with E-state index in [1.165, 1.54) is 0 Å². The molecule has 0 bridgehead atoms. The molecule has 4 rings (SSSR count). The average molecular weight is 298 g/mol. The molecule has 106 valence electrons. The monoisotopic (exact) mass is 298 g/mol. The van der Waals surface area contributed by atoms with Crippen molar-refractivity contribution in [3.63, 3.8) is 0 Å². The summed E-state index contributed by atoms with van der Waals surface area (Å²) in [5.41, 5.74) is 0. The maximum atomic E-state index is 4.47. The summed E-state index contributed by atoms with van der Waals surface area (Å²) in [7, 11) is 0. The molecule has 21 heavy (non-hydrogen) atoms. The molecule has 0 atom stereocenters. The summed E-state index contributed by atoms with van der Waals surface area (Å²) in [5.74, 6) is 1.84. The van der Waals surface area contributed by atoms with Crippen LogP contribution in [0.3, 0.4) is 0 Å². The van der Waals surface area contributed by atoms with Crippen LogP contribution in [0.5, 0.6) is 0 Å². The van der Waals surface area contributed by atoms with Crippen LogP contribution in [0.15, 0.2) is 36.2 Å². The van der Waals surface area contributed by atoms with Crippen LogP contribution in [0.4, 0.5) is 11.8 Å². The van der Waals surface area contributed by atoms with Crippen molar-refractivity contribution in [2.45, 2.75) is 0 Å². The number of hydrogen-bond acceptors (Lipinski definition) is 7. The second-order valence-corrected chi connectivity index (χ2v) is 5.75. The van der Waals surface area contributed by atoms with Crippen LogP contribution in [0.25, 0.3) is 10.2 Å². The summed E-state index contributed by atoms with van der Waals surface area (Å²) in [6.07, 6.45) is 5.23. The molecule has 0 unspecified atom stereocenters. The van der Waals surface area contributed by atoms with Gasteiger partial charge in [0, 0.05) is 38.6 Å². The first-order chi connectivity index (χ1) is 10.4. The lowest BCUT2D eigenvalue weighted by atomic mass is 10.3. The molecule has 4 heterocycles. The van der Waals surface area contributed by atoms with Gasteiger partial charge in [0.1, 0.15) is 17.0 Å². The van der Waals surface area contributed by atoms with Crippen molar-refractivity contribution in [3.05, 3.63) is 36.2 Å². The quantitative estimate of drug-likeness (QED) is 0.719. The highest BCUT2D eigenvalue weighted by molar-refractivity contribution is 7.16. The second kappa shape index (κ2) is 5.25. The summed E-state index contributed by atoms with van der Waals surface area (Å²) in [6.45, 7) is 3.64. The molecule has 1 aliphatic heterocycles. The number of anilines is 2. The van der Waals surface area contributed by atoms with E-state index in [1.54, 1.807) is 30.1 Å². The fourth-order valence-electron chi connectivity index (χ4n) is 2.60. The number of fused-ring (bicyclic) bond motifs is 1. The Morgan fingerprint density at radius 1 is 0.905 bits per heavy atom. The molecule has 0 saturated carbocycles. The van der Waals surface area contributed by atoms with Gasteiger partial charge in [0.15, 0.2) is 0 Å². The summed E-state index contributed by atoms with van der Waals surface area (Å²) < 4.78 is 0. The van der Waals surface area contributed by atoms with Crippen molar-refractivity contribution in [1.82, 2.24) is 19.9 Å².